The molecule has 2 N–H and O–H groups in total. The van der Waals surface area contributed by atoms with Crippen LogP contribution in [0.4, 0.5) is 0 Å². The van der Waals surface area contributed by atoms with Crippen LogP contribution in [-0.2, 0) is 4.74 Å². The van der Waals surface area contributed by atoms with Crippen LogP contribution in [0.2, 0.25) is 0 Å². The molecule has 0 aromatic heterocycles. The molecule has 0 aliphatic rings. The van der Waals surface area contributed by atoms with E-state index in [9.17, 15) is 19.5 Å². The number of imide groups is 1. The predicted octanol–water partition coefficient (Wildman–Crippen LogP) is 1.76. The molecular weight excluding hydrogens is 314 g/mol. The van der Waals surface area contributed by atoms with E-state index in [1.54, 1.807) is 0 Å². The van der Waals surface area contributed by atoms with E-state index in [1.165, 1.54) is 56.7 Å². The molecule has 2 rings (SSSR count). The Labute approximate surface area is 137 Å². The summed E-state index contributed by atoms with van der Waals surface area (Å²) in [6.45, 7) is 0. The number of ether oxygens (including phenoxy) is 2. The molecule has 24 heavy (non-hydrogen) atoms. The standard InChI is InChI=1S/C17H15NO6/c1-23-12-7-8-13(14(19)9-12)16(21)18-15(20)10-3-5-11(6-4-10)17(22)24-2/h3-9,19H,1-2H3,(H,18,20,21). The van der Waals surface area contributed by atoms with Crippen LogP contribution < -0.4 is 10.1 Å². The third-order valence-electron chi connectivity index (χ3n) is 3.24. The monoisotopic (exact) mass is 329 g/mol. The van der Waals surface area contributed by atoms with Crippen molar-refractivity contribution >= 4 is 17.8 Å². The highest BCUT2D eigenvalue weighted by Gasteiger charge is 2.16. The minimum Gasteiger partial charge on any atom is -0.507 e. The summed E-state index contributed by atoms with van der Waals surface area (Å²) in [7, 11) is 2.68. The van der Waals surface area contributed by atoms with Gasteiger partial charge in [0, 0.05) is 11.6 Å². The normalized spacial score (nSPS) is 9.92. The predicted molar refractivity (Wildman–Crippen MR) is 84.2 cm³/mol. The van der Waals surface area contributed by atoms with E-state index in [2.05, 4.69) is 10.1 Å². The van der Waals surface area contributed by atoms with Gasteiger partial charge in [0.25, 0.3) is 11.8 Å². The van der Waals surface area contributed by atoms with Gasteiger partial charge in [-0.1, -0.05) is 0 Å². The molecule has 7 nitrogen and oxygen atoms in total. The van der Waals surface area contributed by atoms with Crippen LogP contribution in [0.3, 0.4) is 0 Å². The maximum atomic E-state index is 12.1. The average molecular weight is 329 g/mol. The van der Waals surface area contributed by atoms with Gasteiger partial charge in [-0.05, 0) is 36.4 Å². The van der Waals surface area contributed by atoms with Gasteiger partial charge in [0.15, 0.2) is 0 Å². The molecule has 0 saturated carbocycles. The lowest BCUT2D eigenvalue weighted by Crippen LogP contribution is -2.30. The molecule has 2 aromatic rings. The fourth-order valence-electron chi connectivity index (χ4n) is 1.95. The van der Waals surface area contributed by atoms with E-state index in [0.717, 1.165) is 0 Å². The molecule has 0 saturated heterocycles. The third kappa shape index (κ3) is 3.70. The average Bonchev–Trinajstić information content (AvgIpc) is 2.60. The number of amides is 2. The Morgan fingerprint density at radius 2 is 1.54 bits per heavy atom. The number of methoxy groups -OCH3 is 2. The number of carbonyl (C=O) groups excluding carboxylic acids is 3. The van der Waals surface area contributed by atoms with E-state index in [4.69, 9.17) is 4.74 Å². The van der Waals surface area contributed by atoms with E-state index < -0.39 is 17.8 Å². The van der Waals surface area contributed by atoms with Crippen LogP contribution >= 0.6 is 0 Å². The Bertz CT molecular complexity index is 782. The number of carbonyl (C=O) groups is 3. The maximum Gasteiger partial charge on any atom is 0.337 e. The molecule has 0 atom stereocenters. The summed E-state index contributed by atoms with van der Waals surface area (Å²) in [5.41, 5.74) is 0.410. The molecule has 0 spiro atoms. The van der Waals surface area contributed by atoms with Gasteiger partial charge in [0.1, 0.15) is 11.5 Å². The molecule has 0 aliphatic heterocycles. The van der Waals surface area contributed by atoms with Crippen LogP contribution in [0.25, 0.3) is 0 Å². The summed E-state index contributed by atoms with van der Waals surface area (Å²) in [6, 6.07) is 9.71. The van der Waals surface area contributed by atoms with Crippen molar-refractivity contribution in [2.45, 2.75) is 0 Å². The number of nitrogens with one attached hydrogen (secondary N) is 1. The molecule has 0 fully saturated rings. The summed E-state index contributed by atoms with van der Waals surface area (Å²) >= 11 is 0. The van der Waals surface area contributed by atoms with Gasteiger partial charge < -0.3 is 14.6 Å². The van der Waals surface area contributed by atoms with Crippen molar-refractivity contribution in [2.75, 3.05) is 14.2 Å². The lowest BCUT2D eigenvalue weighted by Gasteiger charge is -2.08. The highest BCUT2D eigenvalue weighted by atomic mass is 16.5. The number of aromatic hydroxyl groups is 1. The zero-order chi connectivity index (χ0) is 17.7. The van der Waals surface area contributed by atoms with Crippen molar-refractivity contribution in [3.63, 3.8) is 0 Å². The van der Waals surface area contributed by atoms with Crippen molar-refractivity contribution in [1.29, 1.82) is 0 Å². The van der Waals surface area contributed by atoms with Crippen molar-refractivity contribution in [1.82, 2.24) is 5.32 Å². The summed E-state index contributed by atoms with van der Waals surface area (Å²) in [5.74, 6) is -1.86. The largest absolute Gasteiger partial charge is 0.507 e. The second kappa shape index (κ2) is 7.28. The number of esters is 1. The fraction of sp³-hybridized carbons (Fsp3) is 0.118. The number of hydrogen-bond donors (Lipinski definition) is 2. The Morgan fingerprint density at radius 3 is 2.08 bits per heavy atom. The highest BCUT2D eigenvalue weighted by molar-refractivity contribution is 6.11. The third-order valence-corrected chi connectivity index (χ3v) is 3.24. The van der Waals surface area contributed by atoms with Crippen molar-refractivity contribution < 1.29 is 29.0 Å². The van der Waals surface area contributed by atoms with Gasteiger partial charge in [0.05, 0.1) is 25.3 Å². The lowest BCUT2D eigenvalue weighted by molar-refractivity contribution is 0.0600. The molecule has 7 heteroatoms. The van der Waals surface area contributed by atoms with Gasteiger partial charge >= 0.3 is 5.97 Å². The Morgan fingerprint density at radius 1 is 0.917 bits per heavy atom. The number of phenols is 1. The molecule has 2 aromatic carbocycles. The highest BCUT2D eigenvalue weighted by Crippen LogP contribution is 2.23. The topological polar surface area (TPSA) is 102 Å². The van der Waals surface area contributed by atoms with Gasteiger partial charge in [-0.3, -0.25) is 14.9 Å². The van der Waals surface area contributed by atoms with Gasteiger partial charge in [-0.25, -0.2) is 4.79 Å². The quantitative estimate of drug-likeness (QED) is 0.654. The zero-order valence-corrected chi connectivity index (χ0v) is 13.0. The van der Waals surface area contributed by atoms with Gasteiger partial charge in [-0.2, -0.15) is 0 Å². The smallest absolute Gasteiger partial charge is 0.337 e. The lowest BCUT2D eigenvalue weighted by atomic mass is 10.1. The molecule has 0 heterocycles. The van der Waals surface area contributed by atoms with E-state index in [1.807, 2.05) is 0 Å². The first kappa shape index (κ1) is 17.0. The van der Waals surface area contributed by atoms with Gasteiger partial charge in [0.2, 0.25) is 0 Å². The number of benzene rings is 2. The van der Waals surface area contributed by atoms with Gasteiger partial charge in [-0.15, -0.1) is 0 Å². The molecule has 0 radical (unpaired) electrons. The number of hydrogen-bond acceptors (Lipinski definition) is 6. The van der Waals surface area contributed by atoms with Crippen LogP contribution in [0.1, 0.15) is 31.1 Å². The molecular formula is C17H15NO6. The fourth-order valence-corrected chi connectivity index (χ4v) is 1.95. The first-order valence-electron chi connectivity index (χ1n) is 6.87. The minimum absolute atomic E-state index is 0.0599. The van der Waals surface area contributed by atoms with Crippen molar-refractivity contribution in [2.24, 2.45) is 0 Å². The van der Waals surface area contributed by atoms with E-state index in [-0.39, 0.29) is 22.4 Å². The number of rotatable bonds is 4. The molecule has 0 unspecified atom stereocenters. The Kier molecular flexibility index (Phi) is 5.16. The molecule has 2 amide bonds. The van der Waals surface area contributed by atoms with Crippen molar-refractivity contribution in [3.05, 3.63) is 59.2 Å². The summed E-state index contributed by atoms with van der Waals surface area (Å²) in [4.78, 5) is 35.5. The summed E-state index contributed by atoms with van der Waals surface area (Å²) in [6.07, 6.45) is 0. The van der Waals surface area contributed by atoms with Crippen molar-refractivity contribution in [3.8, 4) is 11.5 Å². The first-order valence-corrected chi connectivity index (χ1v) is 6.87. The zero-order valence-electron chi connectivity index (χ0n) is 13.0. The van der Waals surface area contributed by atoms with Crippen LogP contribution in [0.5, 0.6) is 11.5 Å². The van der Waals surface area contributed by atoms with E-state index >= 15 is 0 Å². The number of phenolic OH excluding ortho intramolecular Hbond substituents is 1. The Balaban J connectivity index is 2.11. The second-order valence-electron chi connectivity index (χ2n) is 4.74. The molecule has 0 bridgehead atoms. The maximum absolute atomic E-state index is 12.1. The SMILES string of the molecule is COC(=O)c1ccc(C(=O)NC(=O)c2ccc(OC)cc2O)cc1. The van der Waals surface area contributed by atoms with Crippen LogP contribution in [-0.4, -0.2) is 37.1 Å². The van der Waals surface area contributed by atoms with Crippen LogP contribution in [0.15, 0.2) is 42.5 Å². The molecule has 124 valence electrons. The Hall–Kier alpha value is -3.35. The first-order chi connectivity index (χ1) is 11.5. The van der Waals surface area contributed by atoms with Crippen LogP contribution in [0, 0.1) is 0 Å². The molecule has 0 aliphatic carbocycles. The second-order valence-corrected chi connectivity index (χ2v) is 4.74. The minimum atomic E-state index is -0.753. The van der Waals surface area contributed by atoms with E-state index in [0.29, 0.717) is 5.75 Å². The summed E-state index contributed by atoms with van der Waals surface area (Å²) < 4.78 is 9.48. The summed E-state index contributed by atoms with van der Waals surface area (Å²) in [5, 5.41) is 12.0.